The highest BCUT2D eigenvalue weighted by molar-refractivity contribution is 4.97. The summed E-state index contributed by atoms with van der Waals surface area (Å²) in [6.45, 7) is 15.0. The molecular weight excluding hydrogens is 194 g/mol. The Morgan fingerprint density at radius 1 is 1.12 bits per heavy atom. The third-order valence-corrected chi connectivity index (χ3v) is 4.70. The van der Waals surface area contributed by atoms with Gasteiger partial charge >= 0.3 is 0 Å². The quantitative estimate of drug-likeness (QED) is 0.681. The molecule has 2 aliphatic rings. The van der Waals surface area contributed by atoms with Crippen molar-refractivity contribution in [3.63, 3.8) is 0 Å². The van der Waals surface area contributed by atoms with Crippen molar-refractivity contribution in [3.05, 3.63) is 0 Å². The summed E-state index contributed by atoms with van der Waals surface area (Å²) in [5, 5.41) is 0. The molecule has 1 spiro atoms. The lowest BCUT2D eigenvalue weighted by atomic mass is 9.55. The molecule has 2 fully saturated rings. The van der Waals surface area contributed by atoms with Gasteiger partial charge in [-0.05, 0) is 62.6 Å². The van der Waals surface area contributed by atoms with Crippen LogP contribution in [0.2, 0.25) is 0 Å². The lowest BCUT2D eigenvalue weighted by Gasteiger charge is -2.53. The van der Waals surface area contributed by atoms with E-state index in [1.807, 2.05) is 13.8 Å². The molecule has 0 unspecified atom stereocenters. The predicted octanol–water partition coefficient (Wildman–Crippen LogP) is 4.18. The molecule has 0 aromatic carbocycles. The SMILES string of the molecule is CC.CCN1CCC2(CC1)CC(C(C)C)C2. The maximum Gasteiger partial charge on any atom is -0.00135 e. The zero-order valence-corrected chi connectivity index (χ0v) is 12.1. The van der Waals surface area contributed by atoms with Crippen LogP contribution in [0.5, 0.6) is 0 Å². The zero-order chi connectivity index (χ0) is 12.2. The Bertz CT molecular complexity index is 182. The molecule has 1 saturated carbocycles. The van der Waals surface area contributed by atoms with Crippen LogP contribution in [0.15, 0.2) is 0 Å². The maximum absolute atomic E-state index is 2.61. The highest BCUT2D eigenvalue weighted by Gasteiger charge is 2.46. The third-order valence-electron chi connectivity index (χ3n) is 4.70. The highest BCUT2D eigenvalue weighted by atomic mass is 15.1. The highest BCUT2D eigenvalue weighted by Crippen LogP contribution is 2.54. The number of nitrogens with zero attached hydrogens (tertiary/aromatic N) is 1. The average Bonchev–Trinajstić information content (AvgIpc) is 2.28. The van der Waals surface area contributed by atoms with E-state index in [0.29, 0.717) is 0 Å². The predicted molar refractivity (Wildman–Crippen MR) is 72.7 cm³/mol. The smallest absolute Gasteiger partial charge is 0.00135 e. The number of likely N-dealkylation sites (tertiary alicyclic amines) is 1. The number of rotatable bonds is 2. The summed E-state index contributed by atoms with van der Waals surface area (Å²) in [5.74, 6) is 1.97. The van der Waals surface area contributed by atoms with E-state index in [4.69, 9.17) is 0 Å². The first-order valence-corrected chi connectivity index (χ1v) is 7.37. The minimum absolute atomic E-state index is 0.792. The van der Waals surface area contributed by atoms with Crippen molar-refractivity contribution < 1.29 is 0 Å². The fourth-order valence-electron chi connectivity index (χ4n) is 3.28. The van der Waals surface area contributed by atoms with Crippen LogP contribution in [0.1, 0.15) is 60.3 Å². The minimum Gasteiger partial charge on any atom is -0.304 e. The molecule has 0 bridgehead atoms. The molecule has 0 aromatic rings. The summed E-state index contributed by atoms with van der Waals surface area (Å²) in [6, 6.07) is 0. The molecule has 0 amide bonds. The summed E-state index contributed by atoms with van der Waals surface area (Å²) in [6.07, 6.45) is 6.01. The van der Waals surface area contributed by atoms with E-state index in [-0.39, 0.29) is 0 Å². The molecule has 1 aliphatic carbocycles. The van der Waals surface area contributed by atoms with Gasteiger partial charge in [-0.15, -0.1) is 0 Å². The average molecular weight is 225 g/mol. The first-order valence-electron chi connectivity index (χ1n) is 7.37. The van der Waals surface area contributed by atoms with Crippen molar-refractivity contribution in [2.24, 2.45) is 17.3 Å². The molecule has 1 saturated heterocycles. The Labute approximate surface area is 103 Å². The van der Waals surface area contributed by atoms with Gasteiger partial charge in [0.1, 0.15) is 0 Å². The van der Waals surface area contributed by atoms with Crippen LogP contribution >= 0.6 is 0 Å². The van der Waals surface area contributed by atoms with Gasteiger partial charge in [-0.1, -0.05) is 34.6 Å². The van der Waals surface area contributed by atoms with Crippen LogP contribution in [0.4, 0.5) is 0 Å². The van der Waals surface area contributed by atoms with E-state index in [9.17, 15) is 0 Å². The number of hydrogen-bond donors (Lipinski definition) is 0. The molecule has 1 heteroatoms. The molecule has 0 aromatic heterocycles. The molecule has 1 nitrogen and oxygen atoms in total. The topological polar surface area (TPSA) is 3.24 Å². The van der Waals surface area contributed by atoms with Gasteiger partial charge in [-0.3, -0.25) is 0 Å². The van der Waals surface area contributed by atoms with Crippen molar-refractivity contribution in [1.29, 1.82) is 0 Å². The molecule has 0 atom stereocenters. The summed E-state index contributed by atoms with van der Waals surface area (Å²) in [7, 11) is 0. The van der Waals surface area contributed by atoms with Crippen molar-refractivity contribution in [1.82, 2.24) is 4.90 Å². The van der Waals surface area contributed by atoms with Crippen molar-refractivity contribution in [2.75, 3.05) is 19.6 Å². The molecule has 0 radical (unpaired) electrons. The monoisotopic (exact) mass is 225 g/mol. The van der Waals surface area contributed by atoms with Crippen LogP contribution in [-0.4, -0.2) is 24.5 Å². The number of piperidine rings is 1. The standard InChI is InChI=1S/C13H25N.C2H6/c1-4-14-7-5-13(6-8-14)9-12(10-13)11(2)3;1-2/h11-12H,4-10H2,1-3H3;1-2H3. The summed E-state index contributed by atoms with van der Waals surface area (Å²) in [4.78, 5) is 2.61. The second kappa shape index (κ2) is 6.05. The van der Waals surface area contributed by atoms with Gasteiger partial charge in [0.15, 0.2) is 0 Å². The van der Waals surface area contributed by atoms with E-state index >= 15 is 0 Å². The number of hydrogen-bond acceptors (Lipinski definition) is 1. The van der Waals surface area contributed by atoms with Gasteiger partial charge in [0.2, 0.25) is 0 Å². The van der Waals surface area contributed by atoms with Gasteiger partial charge in [0.05, 0.1) is 0 Å². The van der Waals surface area contributed by atoms with E-state index in [2.05, 4.69) is 25.7 Å². The fraction of sp³-hybridized carbons (Fsp3) is 1.00. The normalized spacial score (nSPS) is 25.1. The molecule has 96 valence electrons. The lowest BCUT2D eigenvalue weighted by Crippen LogP contribution is -2.48. The Morgan fingerprint density at radius 2 is 1.62 bits per heavy atom. The molecule has 1 heterocycles. The Balaban J connectivity index is 0.000000606. The Hall–Kier alpha value is -0.0400. The van der Waals surface area contributed by atoms with Crippen LogP contribution in [0.25, 0.3) is 0 Å². The zero-order valence-electron chi connectivity index (χ0n) is 12.1. The maximum atomic E-state index is 2.61. The van der Waals surface area contributed by atoms with Crippen LogP contribution in [0.3, 0.4) is 0 Å². The molecular formula is C15H31N. The van der Waals surface area contributed by atoms with Gasteiger partial charge < -0.3 is 4.90 Å². The van der Waals surface area contributed by atoms with E-state index in [0.717, 1.165) is 17.3 Å². The molecule has 1 aliphatic heterocycles. The first kappa shape index (κ1) is 14.0. The summed E-state index contributed by atoms with van der Waals surface area (Å²) in [5.41, 5.74) is 0.792. The van der Waals surface area contributed by atoms with Gasteiger partial charge in [0.25, 0.3) is 0 Å². The van der Waals surface area contributed by atoms with Crippen molar-refractivity contribution in [2.45, 2.75) is 60.3 Å². The van der Waals surface area contributed by atoms with Crippen LogP contribution in [0, 0.1) is 17.3 Å². The Kier molecular flexibility index (Phi) is 5.30. The molecule has 16 heavy (non-hydrogen) atoms. The largest absolute Gasteiger partial charge is 0.304 e. The van der Waals surface area contributed by atoms with Crippen LogP contribution in [-0.2, 0) is 0 Å². The van der Waals surface area contributed by atoms with Crippen molar-refractivity contribution >= 4 is 0 Å². The Morgan fingerprint density at radius 3 is 2.00 bits per heavy atom. The van der Waals surface area contributed by atoms with Gasteiger partial charge in [0, 0.05) is 0 Å². The van der Waals surface area contributed by atoms with E-state index in [1.165, 1.54) is 45.3 Å². The lowest BCUT2D eigenvalue weighted by molar-refractivity contribution is -0.0296. The summed E-state index contributed by atoms with van der Waals surface area (Å²) < 4.78 is 0. The minimum atomic E-state index is 0.792. The second-order valence-electron chi connectivity index (χ2n) is 5.85. The second-order valence-corrected chi connectivity index (χ2v) is 5.85. The first-order chi connectivity index (χ1) is 7.65. The van der Waals surface area contributed by atoms with E-state index < -0.39 is 0 Å². The molecule has 0 N–H and O–H groups in total. The van der Waals surface area contributed by atoms with E-state index in [1.54, 1.807) is 0 Å². The van der Waals surface area contributed by atoms with Crippen molar-refractivity contribution in [3.8, 4) is 0 Å². The van der Waals surface area contributed by atoms with Gasteiger partial charge in [-0.25, -0.2) is 0 Å². The van der Waals surface area contributed by atoms with Gasteiger partial charge in [-0.2, -0.15) is 0 Å². The molecule has 2 rings (SSSR count). The summed E-state index contributed by atoms with van der Waals surface area (Å²) >= 11 is 0. The third kappa shape index (κ3) is 3.00. The van der Waals surface area contributed by atoms with Crippen LogP contribution < -0.4 is 0 Å². The fourth-order valence-corrected chi connectivity index (χ4v) is 3.28.